The Balaban J connectivity index is 2.47. The van der Waals surface area contributed by atoms with Crippen LogP contribution >= 0.6 is 0 Å². The zero-order valence-corrected chi connectivity index (χ0v) is 12.4. The fourth-order valence-corrected chi connectivity index (χ4v) is 2.23. The van der Waals surface area contributed by atoms with Crippen LogP contribution in [0.15, 0.2) is 30.3 Å². The molecule has 0 bridgehead atoms. The van der Waals surface area contributed by atoms with Crippen LogP contribution in [0.1, 0.15) is 27.3 Å². The van der Waals surface area contributed by atoms with E-state index in [1.807, 2.05) is 38.2 Å². The Morgan fingerprint density at radius 3 is 2.67 bits per heavy atom. The molecule has 0 fully saturated rings. The Morgan fingerprint density at radius 1 is 1.29 bits per heavy atom. The number of aromatic nitrogens is 1. The summed E-state index contributed by atoms with van der Waals surface area (Å²) >= 11 is 0. The van der Waals surface area contributed by atoms with Crippen molar-refractivity contribution in [1.29, 1.82) is 0 Å². The minimum atomic E-state index is -0.541. The number of pyridine rings is 1. The van der Waals surface area contributed by atoms with E-state index in [1.54, 1.807) is 13.0 Å². The number of nitrogens with two attached hydrogens (primary N) is 1. The number of ether oxygens (including phenoxy) is 1. The largest absolute Gasteiger partial charge is 0.456 e. The molecule has 2 aromatic rings. The van der Waals surface area contributed by atoms with Crippen molar-refractivity contribution in [3.8, 4) is 11.5 Å². The van der Waals surface area contributed by atoms with Crippen LogP contribution in [0.2, 0.25) is 0 Å². The standard InChI is InChI=1S/C16H19N3O2/c1-10-8-14(15(16(17)20)11(2)19-10)21-13-7-5-4-6-12(13)9-18-3/h4-8,18H,9H2,1-3H3,(H2,17,20). The van der Waals surface area contributed by atoms with Crippen LogP contribution in [-0.2, 0) is 6.54 Å². The lowest BCUT2D eigenvalue weighted by atomic mass is 10.1. The van der Waals surface area contributed by atoms with Gasteiger partial charge in [-0.15, -0.1) is 0 Å². The van der Waals surface area contributed by atoms with Crippen molar-refractivity contribution in [3.05, 3.63) is 52.8 Å². The van der Waals surface area contributed by atoms with E-state index in [9.17, 15) is 4.79 Å². The summed E-state index contributed by atoms with van der Waals surface area (Å²) < 4.78 is 5.94. The van der Waals surface area contributed by atoms with Crippen molar-refractivity contribution in [2.24, 2.45) is 5.73 Å². The molecule has 0 aliphatic rings. The third kappa shape index (κ3) is 3.38. The first-order valence-corrected chi connectivity index (χ1v) is 6.71. The van der Waals surface area contributed by atoms with Crippen molar-refractivity contribution >= 4 is 5.91 Å². The molecule has 0 spiro atoms. The Kier molecular flexibility index (Phi) is 4.55. The first-order chi connectivity index (χ1) is 10.0. The van der Waals surface area contributed by atoms with Crippen LogP contribution < -0.4 is 15.8 Å². The molecule has 0 unspecified atom stereocenters. The summed E-state index contributed by atoms with van der Waals surface area (Å²) in [6.45, 7) is 4.27. The fraction of sp³-hybridized carbons (Fsp3) is 0.250. The molecule has 0 atom stereocenters. The monoisotopic (exact) mass is 285 g/mol. The van der Waals surface area contributed by atoms with Crippen molar-refractivity contribution in [2.75, 3.05) is 7.05 Å². The van der Waals surface area contributed by atoms with Crippen LogP contribution in [-0.4, -0.2) is 17.9 Å². The predicted molar refractivity (Wildman–Crippen MR) is 81.5 cm³/mol. The van der Waals surface area contributed by atoms with Crippen LogP contribution in [0.5, 0.6) is 11.5 Å². The predicted octanol–water partition coefficient (Wildman–Crippen LogP) is 2.31. The molecule has 5 heteroatoms. The number of para-hydroxylation sites is 1. The molecule has 1 amide bonds. The van der Waals surface area contributed by atoms with E-state index in [2.05, 4.69) is 10.3 Å². The number of rotatable bonds is 5. The number of carbonyl (C=O) groups excluding carboxylic acids is 1. The van der Waals surface area contributed by atoms with Crippen LogP contribution in [0.3, 0.4) is 0 Å². The summed E-state index contributed by atoms with van der Waals surface area (Å²) in [5.74, 6) is 0.594. The smallest absolute Gasteiger partial charge is 0.254 e. The minimum Gasteiger partial charge on any atom is -0.456 e. The van der Waals surface area contributed by atoms with Gasteiger partial charge in [-0.2, -0.15) is 0 Å². The molecule has 21 heavy (non-hydrogen) atoms. The van der Waals surface area contributed by atoms with E-state index in [0.717, 1.165) is 11.3 Å². The van der Waals surface area contributed by atoms with Gasteiger partial charge in [0.15, 0.2) is 0 Å². The molecule has 1 aromatic carbocycles. The number of hydrogen-bond acceptors (Lipinski definition) is 4. The van der Waals surface area contributed by atoms with E-state index in [-0.39, 0.29) is 0 Å². The lowest BCUT2D eigenvalue weighted by Gasteiger charge is -2.14. The zero-order chi connectivity index (χ0) is 15.4. The number of carbonyl (C=O) groups is 1. The summed E-state index contributed by atoms with van der Waals surface area (Å²) in [6.07, 6.45) is 0. The summed E-state index contributed by atoms with van der Waals surface area (Å²) in [5.41, 5.74) is 8.12. The Hall–Kier alpha value is -2.40. The highest BCUT2D eigenvalue weighted by molar-refractivity contribution is 5.96. The normalized spacial score (nSPS) is 10.4. The number of nitrogens with zero attached hydrogens (tertiary/aromatic N) is 1. The number of benzene rings is 1. The summed E-state index contributed by atoms with van der Waals surface area (Å²) in [6, 6.07) is 9.39. The minimum absolute atomic E-state index is 0.319. The second kappa shape index (κ2) is 6.37. The quantitative estimate of drug-likeness (QED) is 0.883. The molecule has 0 aliphatic heterocycles. The van der Waals surface area contributed by atoms with Gasteiger partial charge in [-0.25, -0.2) is 0 Å². The van der Waals surface area contributed by atoms with Crippen molar-refractivity contribution < 1.29 is 9.53 Å². The van der Waals surface area contributed by atoms with Crippen LogP contribution in [0.25, 0.3) is 0 Å². The van der Waals surface area contributed by atoms with E-state index < -0.39 is 5.91 Å². The lowest BCUT2D eigenvalue weighted by molar-refractivity contribution is 0.0997. The van der Waals surface area contributed by atoms with E-state index in [0.29, 0.717) is 29.3 Å². The lowest BCUT2D eigenvalue weighted by Crippen LogP contribution is -2.15. The third-order valence-electron chi connectivity index (χ3n) is 3.10. The fourth-order valence-electron chi connectivity index (χ4n) is 2.23. The Bertz CT molecular complexity index is 669. The number of primary amides is 1. The maximum atomic E-state index is 11.6. The van der Waals surface area contributed by atoms with Crippen molar-refractivity contribution in [2.45, 2.75) is 20.4 Å². The third-order valence-corrected chi connectivity index (χ3v) is 3.10. The number of nitrogens with one attached hydrogen (secondary N) is 1. The van der Waals surface area contributed by atoms with Gasteiger partial charge in [-0.05, 0) is 27.0 Å². The molecular formula is C16H19N3O2. The van der Waals surface area contributed by atoms with Gasteiger partial charge >= 0.3 is 0 Å². The first-order valence-electron chi connectivity index (χ1n) is 6.71. The van der Waals surface area contributed by atoms with Crippen molar-refractivity contribution in [3.63, 3.8) is 0 Å². The second-order valence-electron chi connectivity index (χ2n) is 4.83. The zero-order valence-electron chi connectivity index (χ0n) is 12.4. The van der Waals surface area contributed by atoms with Gasteiger partial charge in [0.2, 0.25) is 0 Å². The maximum Gasteiger partial charge on any atom is 0.254 e. The molecule has 1 heterocycles. The number of hydrogen-bond donors (Lipinski definition) is 2. The molecule has 0 saturated heterocycles. The highest BCUT2D eigenvalue weighted by atomic mass is 16.5. The molecule has 0 saturated carbocycles. The van der Waals surface area contributed by atoms with Gasteiger partial charge in [0.25, 0.3) is 5.91 Å². The van der Waals surface area contributed by atoms with Crippen LogP contribution in [0, 0.1) is 13.8 Å². The molecule has 3 N–H and O–H groups in total. The second-order valence-corrected chi connectivity index (χ2v) is 4.83. The van der Waals surface area contributed by atoms with E-state index in [4.69, 9.17) is 10.5 Å². The summed E-state index contributed by atoms with van der Waals surface area (Å²) in [4.78, 5) is 15.9. The molecule has 1 aromatic heterocycles. The SMILES string of the molecule is CNCc1ccccc1Oc1cc(C)nc(C)c1C(N)=O. The average molecular weight is 285 g/mol. The maximum absolute atomic E-state index is 11.6. The van der Waals surface area contributed by atoms with Gasteiger partial charge in [0, 0.05) is 23.9 Å². The van der Waals surface area contributed by atoms with Gasteiger partial charge in [-0.3, -0.25) is 9.78 Å². The molecule has 5 nitrogen and oxygen atoms in total. The van der Waals surface area contributed by atoms with Gasteiger partial charge in [0.1, 0.15) is 17.1 Å². The van der Waals surface area contributed by atoms with Gasteiger partial charge in [0.05, 0.1) is 5.69 Å². The molecular weight excluding hydrogens is 266 g/mol. The Morgan fingerprint density at radius 2 is 2.00 bits per heavy atom. The molecule has 110 valence electrons. The first kappa shape index (κ1) is 15.0. The van der Waals surface area contributed by atoms with Crippen molar-refractivity contribution in [1.82, 2.24) is 10.3 Å². The highest BCUT2D eigenvalue weighted by Crippen LogP contribution is 2.29. The highest BCUT2D eigenvalue weighted by Gasteiger charge is 2.16. The summed E-state index contributed by atoms with van der Waals surface area (Å²) in [7, 11) is 1.87. The van der Waals surface area contributed by atoms with Gasteiger partial charge in [-0.1, -0.05) is 18.2 Å². The topological polar surface area (TPSA) is 77.2 Å². The molecule has 0 aliphatic carbocycles. The molecule has 2 rings (SSSR count). The number of aryl methyl sites for hydroxylation is 2. The average Bonchev–Trinajstić information content (AvgIpc) is 2.40. The van der Waals surface area contributed by atoms with E-state index in [1.165, 1.54) is 0 Å². The molecule has 0 radical (unpaired) electrons. The van der Waals surface area contributed by atoms with E-state index >= 15 is 0 Å². The van der Waals surface area contributed by atoms with Gasteiger partial charge < -0.3 is 15.8 Å². The summed E-state index contributed by atoms with van der Waals surface area (Å²) in [5, 5.41) is 3.09. The van der Waals surface area contributed by atoms with Crippen LogP contribution in [0.4, 0.5) is 0 Å². The Labute approximate surface area is 124 Å². The number of amides is 1.